The Kier molecular flexibility index (Phi) is 4.88. The lowest BCUT2D eigenvalue weighted by Crippen LogP contribution is -2.36. The molecular weight excluding hydrogens is 378 g/mol. The number of benzene rings is 2. The average molecular weight is 396 g/mol. The number of aromatic nitrogens is 1. The van der Waals surface area contributed by atoms with Gasteiger partial charge < -0.3 is 14.7 Å². The third-order valence-electron chi connectivity index (χ3n) is 4.67. The molecule has 0 radical (unpaired) electrons. The van der Waals surface area contributed by atoms with E-state index in [1.165, 1.54) is 6.92 Å². The van der Waals surface area contributed by atoms with Gasteiger partial charge in [-0.3, -0.25) is 9.59 Å². The predicted molar refractivity (Wildman–Crippen MR) is 106 cm³/mol. The first kappa shape index (κ1) is 18.3. The molecule has 0 spiro atoms. The topological polar surface area (TPSA) is 75.4 Å². The van der Waals surface area contributed by atoms with Crippen molar-refractivity contribution in [2.45, 2.75) is 19.9 Å². The molecule has 2 heterocycles. The summed E-state index contributed by atoms with van der Waals surface area (Å²) in [6.45, 7) is 2.39. The van der Waals surface area contributed by atoms with Gasteiger partial charge in [0.2, 0.25) is 5.91 Å². The third kappa shape index (κ3) is 3.64. The third-order valence-corrected chi connectivity index (χ3v) is 4.92. The second kappa shape index (κ2) is 7.48. The van der Waals surface area contributed by atoms with Crippen molar-refractivity contribution in [3.05, 3.63) is 70.4 Å². The average Bonchev–Trinajstić information content (AvgIpc) is 3.11. The van der Waals surface area contributed by atoms with E-state index in [9.17, 15) is 9.59 Å². The fourth-order valence-corrected chi connectivity index (χ4v) is 3.47. The van der Waals surface area contributed by atoms with Gasteiger partial charge in [-0.1, -0.05) is 22.8 Å². The Morgan fingerprint density at radius 2 is 1.96 bits per heavy atom. The standard InChI is InChI=1S/C21H18ClN3O3/c1-13(26)23-17-4-2-3-15(11-17)21(27)25-10-9-18-19(12-25)24-28-20(18)14-5-7-16(22)8-6-14/h2-8,11H,9-10,12H2,1H3,(H,23,26). The van der Waals surface area contributed by atoms with Crippen LogP contribution in [0.3, 0.4) is 0 Å². The van der Waals surface area contributed by atoms with Gasteiger partial charge in [0, 0.05) is 40.9 Å². The normalized spacial score (nSPS) is 13.1. The molecule has 0 aliphatic carbocycles. The van der Waals surface area contributed by atoms with Gasteiger partial charge in [0.1, 0.15) is 5.69 Å². The van der Waals surface area contributed by atoms with Crippen LogP contribution < -0.4 is 5.32 Å². The van der Waals surface area contributed by atoms with Gasteiger partial charge in [0.15, 0.2) is 5.76 Å². The van der Waals surface area contributed by atoms with Gasteiger partial charge >= 0.3 is 0 Å². The molecule has 6 nitrogen and oxygen atoms in total. The zero-order valence-electron chi connectivity index (χ0n) is 15.2. The fraction of sp³-hybridized carbons (Fsp3) is 0.190. The van der Waals surface area contributed by atoms with E-state index in [0.29, 0.717) is 35.8 Å². The van der Waals surface area contributed by atoms with Crippen LogP contribution in [-0.2, 0) is 17.8 Å². The molecule has 28 heavy (non-hydrogen) atoms. The molecule has 0 fully saturated rings. The van der Waals surface area contributed by atoms with E-state index in [1.54, 1.807) is 29.2 Å². The number of nitrogens with zero attached hydrogens (tertiary/aromatic N) is 2. The van der Waals surface area contributed by atoms with Gasteiger partial charge in [-0.2, -0.15) is 0 Å². The van der Waals surface area contributed by atoms with E-state index < -0.39 is 0 Å². The maximum absolute atomic E-state index is 12.9. The molecule has 0 saturated heterocycles. The highest BCUT2D eigenvalue weighted by Crippen LogP contribution is 2.31. The number of amides is 2. The molecule has 4 rings (SSSR count). The highest BCUT2D eigenvalue weighted by molar-refractivity contribution is 6.30. The van der Waals surface area contributed by atoms with Crippen LogP contribution in [0.1, 0.15) is 28.5 Å². The number of hydrogen-bond acceptors (Lipinski definition) is 4. The SMILES string of the molecule is CC(=O)Nc1cccc(C(=O)N2CCc3c(noc3-c3ccc(Cl)cc3)C2)c1. The highest BCUT2D eigenvalue weighted by Gasteiger charge is 2.27. The number of rotatable bonds is 3. The minimum atomic E-state index is -0.176. The summed E-state index contributed by atoms with van der Waals surface area (Å²) < 4.78 is 5.56. The maximum atomic E-state index is 12.9. The number of fused-ring (bicyclic) bond motifs is 1. The van der Waals surface area contributed by atoms with Crippen molar-refractivity contribution in [3.8, 4) is 11.3 Å². The molecule has 2 amide bonds. The van der Waals surface area contributed by atoms with Crippen LogP contribution in [-0.4, -0.2) is 28.4 Å². The van der Waals surface area contributed by atoms with Crippen LogP contribution in [0.2, 0.25) is 5.02 Å². The molecule has 0 saturated carbocycles. The Morgan fingerprint density at radius 1 is 1.18 bits per heavy atom. The number of anilines is 1. The fourth-order valence-electron chi connectivity index (χ4n) is 3.35. The van der Waals surface area contributed by atoms with E-state index in [1.807, 2.05) is 24.3 Å². The molecule has 2 aromatic carbocycles. The summed E-state index contributed by atoms with van der Waals surface area (Å²) >= 11 is 5.95. The van der Waals surface area contributed by atoms with Crippen LogP contribution in [0.25, 0.3) is 11.3 Å². The van der Waals surface area contributed by atoms with Crippen molar-refractivity contribution < 1.29 is 14.1 Å². The molecule has 7 heteroatoms. The van der Waals surface area contributed by atoms with Crippen molar-refractivity contribution in [2.24, 2.45) is 0 Å². The van der Waals surface area contributed by atoms with Crippen molar-refractivity contribution in [2.75, 3.05) is 11.9 Å². The Labute approximate surface area is 167 Å². The lowest BCUT2D eigenvalue weighted by molar-refractivity contribution is -0.114. The summed E-state index contributed by atoms with van der Waals surface area (Å²) in [5, 5.41) is 7.54. The molecular formula is C21H18ClN3O3. The largest absolute Gasteiger partial charge is 0.356 e. The lowest BCUT2D eigenvalue weighted by atomic mass is 10.00. The summed E-state index contributed by atoms with van der Waals surface area (Å²) in [6.07, 6.45) is 0.661. The molecule has 142 valence electrons. The van der Waals surface area contributed by atoms with E-state index in [-0.39, 0.29) is 11.8 Å². The predicted octanol–water partition coefficient (Wildman–Crippen LogP) is 4.15. The first-order chi connectivity index (χ1) is 13.5. The van der Waals surface area contributed by atoms with Crippen molar-refractivity contribution in [1.29, 1.82) is 0 Å². The second-order valence-corrected chi connectivity index (χ2v) is 7.12. The zero-order chi connectivity index (χ0) is 19.7. The number of carbonyl (C=O) groups excluding carboxylic acids is 2. The van der Waals surface area contributed by atoms with E-state index >= 15 is 0 Å². The summed E-state index contributed by atoms with van der Waals surface area (Å²) in [6, 6.07) is 14.3. The van der Waals surface area contributed by atoms with Gasteiger partial charge in [-0.05, 0) is 48.9 Å². The Morgan fingerprint density at radius 3 is 2.71 bits per heavy atom. The zero-order valence-corrected chi connectivity index (χ0v) is 16.0. The van der Waals surface area contributed by atoms with Gasteiger partial charge in [0.25, 0.3) is 5.91 Å². The van der Waals surface area contributed by atoms with Gasteiger partial charge in [0.05, 0.1) is 6.54 Å². The van der Waals surface area contributed by atoms with Crippen LogP contribution in [0.5, 0.6) is 0 Å². The first-order valence-electron chi connectivity index (χ1n) is 8.91. The van der Waals surface area contributed by atoms with Gasteiger partial charge in [-0.25, -0.2) is 0 Å². The molecule has 1 N–H and O–H groups in total. The minimum Gasteiger partial charge on any atom is -0.356 e. The molecule has 1 aliphatic rings. The summed E-state index contributed by atoms with van der Waals surface area (Å²) in [5.74, 6) is 0.449. The smallest absolute Gasteiger partial charge is 0.254 e. The van der Waals surface area contributed by atoms with Crippen molar-refractivity contribution in [1.82, 2.24) is 10.1 Å². The number of nitrogens with one attached hydrogen (secondary N) is 1. The minimum absolute atomic E-state index is 0.103. The molecule has 1 aliphatic heterocycles. The quantitative estimate of drug-likeness (QED) is 0.722. The number of carbonyl (C=O) groups is 2. The summed E-state index contributed by atoms with van der Waals surface area (Å²) in [7, 11) is 0. The molecule has 0 atom stereocenters. The monoisotopic (exact) mass is 395 g/mol. The molecule has 0 bridgehead atoms. The molecule has 1 aromatic heterocycles. The van der Waals surface area contributed by atoms with Crippen molar-refractivity contribution >= 4 is 29.1 Å². The first-order valence-corrected chi connectivity index (χ1v) is 9.29. The van der Waals surface area contributed by atoms with Crippen LogP contribution >= 0.6 is 11.6 Å². The van der Waals surface area contributed by atoms with Crippen molar-refractivity contribution in [3.63, 3.8) is 0 Å². The molecule has 3 aromatic rings. The van der Waals surface area contributed by atoms with Gasteiger partial charge in [-0.15, -0.1) is 0 Å². The molecule has 0 unspecified atom stereocenters. The van der Waals surface area contributed by atoms with E-state index in [4.69, 9.17) is 16.1 Å². The lowest BCUT2D eigenvalue weighted by Gasteiger charge is -2.26. The van der Waals surface area contributed by atoms with Crippen LogP contribution in [0, 0.1) is 0 Å². The summed E-state index contributed by atoms with van der Waals surface area (Å²) in [5.41, 5.74) is 3.83. The highest BCUT2D eigenvalue weighted by atomic mass is 35.5. The second-order valence-electron chi connectivity index (χ2n) is 6.68. The van der Waals surface area contributed by atoms with Crippen LogP contribution in [0.15, 0.2) is 53.1 Å². The van der Waals surface area contributed by atoms with E-state index in [0.717, 1.165) is 22.6 Å². The number of halogens is 1. The van der Waals surface area contributed by atoms with Crippen LogP contribution in [0.4, 0.5) is 5.69 Å². The maximum Gasteiger partial charge on any atom is 0.254 e. The van der Waals surface area contributed by atoms with E-state index in [2.05, 4.69) is 10.5 Å². The Hall–Kier alpha value is -3.12. The Bertz CT molecular complexity index is 1040. The Balaban J connectivity index is 1.54. The number of hydrogen-bond donors (Lipinski definition) is 1. The summed E-state index contributed by atoms with van der Waals surface area (Å²) in [4.78, 5) is 25.9.